The summed E-state index contributed by atoms with van der Waals surface area (Å²) in [5, 5.41) is 2.95. The molecule has 1 aliphatic rings. The summed E-state index contributed by atoms with van der Waals surface area (Å²) < 4.78 is 32.2. The van der Waals surface area contributed by atoms with E-state index in [1.54, 1.807) is 0 Å². The van der Waals surface area contributed by atoms with Crippen molar-refractivity contribution < 1.29 is 17.9 Å². The lowest BCUT2D eigenvalue weighted by atomic mass is 10.1. The van der Waals surface area contributed by atoms with Gasteiger partial charge in [-0.3, -0.25) is 4.79 Å². The number of nitrogens with one attached hydrogen (secondary N) is 1. The summed E-state index contributed by atoms with van der Waals surface area (Å²) in [6.45, 7) is 1.17. The molecule has 1 aliphatic heterocycles. The van der Waals surface area contributed by atoms with Gasteiger partial charge in [-0.05, 0) is 25.0 Å². The van der Waals surface area contributed by atoms with E-state index < -0.39 is 10.2 Å². The van der Waals surface area contributed by atoms with E-state index >= 15 is 0 Å². The number of piperidine rings is 1. The molecule has 0 saturated carbocycles. The van der Waals surface area contributed by atoms with Crippen LogP contribution in [0.1, 0.15) is 19.3 Å². The van der Waals surface area contributed by atoms with E-state index in [1.807, 2.05) is 30.3 Å². The third-order valence-corrected chi connectivity index (χ3v) is 5.89. The lowest BCUT2D eigenvalue weighted by Crippen LogP contribution is -2.49. The molecule has 7 nitrogen and oxygen atoms in total. The van der Waals surface area contributed by atoms with Crippen molar-refractivity contribution in [3.8, 4) is 5.75 Å². The third kappa shape index (κ3) is 5.19. The number of carbonyl (C=O) groups is 1. The predicted octanol–water partition coefficient (Wildman–Crippen LogP) is 0.843. The fourth-order valence-corrected chi connectivity index (χ4v) is 3.67. The summed E-state index contributed by atoms with van der Waals surface area (Å²) in [4.78, 5) is 12.0. The van der Waals surface area contributed by atoms with Crippen LogP contribution in [0, 0.1) is 0 Å². The van der Waals surface area contributed by atoms with Crippen LogP contribution in [-0.2, 0) is 15.0 Å². The highest BCUT2D eigenvalue weighted by Gasteiger charge is 2.29. The molecule has 0 radical (unpaired) electrons. The number of hydrogen-bond donors (Lipinski definition) is 1. The smallest absolute Gasteiger partial charge is 0.281 e. The number of nitrogens with zero attached hydrogens (tertiary/aromatic N) is 2. The summed E-state index contributed by atoms with van der Waals surface area (Å²) in [6.07, 6.45) is 1.53. The van der Waals surface area contributed by atoms with Gasteiger partial charge in [0.2, 0.25) is 5.91 Å². The van der Waals surface area contributed by atoms with Crippen molar-refractivity contribution in [2.45, 2.75) is 25.3 Å². The van der Waals surface area contributed by atoms with Crippen LogP contribution in [0.4, 0.5) is 0 Å². The van der Waals surface area contributed by atoms with E-state index in [9.17, 15) is 13.2 Å². The molecular formula is C16H25N3O4S. The van der Waals surface area contributed by atoms with Crippen LogP contribution in [-0.4, -0.2) is 62.8 Å². The Morgan fingerprint density at radius 1 is 1.25 bits per heavy atom. The quantitative estimate of drug-likeness (QED) is 0.786. The van der Waals surface area contributed by atoms with Gasteiger partial charge in [-0.25, -0.2) is 0 Å². The molecule has 1 aromatic carbocycles. The Morgan fingerprint density at radius 2 is 1.88 bits per heavy atom. The minimum Gasteiger partial charge on any atom is -0.493 e. The zero-order chi connectivity index (χ0) is 17.6. The summed E-state index contributed by atoms with van der Waals surface area (Å²) >= 11 is 0. The lowest BCUT2D eigenvalue weighted by molar-refractivity contribution is -0.122. The Labute approximate surface area is 143 Å². The minimum atomic E-state index is -3.36. The van der Waals surface area contributed by atoms with Gasteiger partial charge in [0.15, 0.2) is 0 Å². The van der Waals surface area contributed by atoms with Gasteiger partial charge in [-0.2, -0.15) is 17.0 Å². The Morgan fingerprint density at radius 3 is 2.46 bits per heavy atom. The minimum absolute atomic E-state index is 0.0165. The normalized spacial score (nSPS) is 17.0. The van der Waals surface area contributed by atoms with E-state index in [4.69, 9.17) is 4.74 Å². The van der Waals surface area contributed by atoms with Crippen LogP contribution in [0.2, 0.25) is 0 Å². The van der Waals surface area contributed by atoms with Gasteiger partial charge < -0.3 is 10.1 Å². The van der Waals surface area contributed by atoms with Gasteiger partial charge in [0.1, 0.15) is 5.75 Å². The molecule has 8 heteroatoms. The van der Waals surface area contributed by atoms with Crippen LogP contribution >= 0.6 is 0 Å². The zero-order valence-corrected chi connectivity index (χ0v) is 15.0. The van der Waals surface area contributed by atoms with E-state index in [0.717, 1.165) is 5.75 Å². The molecule has 0 bridgehead atoms. The van der Waals surface area contributed by atoms with Crippen molar-refractivity contribution >= 4 is 16.1 Å². The molecule has 1 saturated heterocycles. The fourth-order valence-electron chi connectivity index (χ4n) is 2.54. The summed E-state index contributed by atoms with van der Waals surface area (Å²) in [6, 6.07) is 9.37. The molecule has 0 atom stereocenters. The molecule has 0 spiro atoms. The first kappa shape index (κ1) is 18.7. The van der Waals surface area contributed by atoms with E-state index in [2.05, 4.69) is 5.32 Å². The Bertz CT molecular complexity index is 626. The lowest BCUT2D eigenvalue weighted by Gasteiger charge is -2.33. The first-order chi connectivity index (χ1) is 11.4. The molecule has 1 fully saturated rings. The maximum atomic E-state index is 12.0. The standard InChI is InChI=1S/C16H25N3O4S/c1-18(2)24(21,22)19-11-8-14(9-12-19)17-16(20)10-13-23-15-6-4-3-5-7-15/h3-7,14H,8-13H2,1-2H3,(H,17,20). The Kier molecular flexibility index (Phi) is 6.59. The van der Waals surface area contributed by atoms with Crippen LogP contribution in [0.15, 0.2) is 30.3 Å². The molecule has 24 heavy (non-hydrogen) atoms. The van der Waals surface area contributed by atoms with Crippen LogP contribution in [0.25, 0.3) is 0 Å². The van der Waals surface area contributed by atoms with Crippen molar-refractivity contribution in [3.63, 3.8) is 0 Å². The summed E-state index contributed by atoms with van der Waals surface area (Å²) in [7, 11) is -0.315. The van der Waals surface area contributed by atoms with Crippen molar-refractivity contribution in [1.29, 1.82) is 0 Å². The molecule has 2 rings (SSSR count). The molecule has 1 heterocycles. The molecule has 1 amide bonds. The Hall–Kier alpha value is -1.64. The molecule has 1 N–H and O–H groups in total. The second-order valence-electron chi connectivity index (χ2n) is 5.94. The topological polar surface area (TPSA) is 79.0 Å². The van der Waals surface area contributed by atoms with E-state index in [-0.39, 0.29) is 18.4 Å². The van der Waals surface area contributed by atoms with E-state index in [1.165, 1.54) is 22.7 Å². The molecule has 0 unspecified atom stereocenters. The first-order valence-electron chi connectivity index (χ1n) is 8.04. The van der Waals surface area contributed by atoms with Gasteiger partial charge in [0.25, 0.3) is 10.2 Å². The maximum Gasteiger partial charge on any atom is 0.281 e. The Balaban J connectivity index is 1.69. The van der Waals surface area contributed by atoms with Crippen LogP contribution in [0.5, 0.6) is 5.75 Å². The average molecular weight is 355 g/mol. The number of para-hydroxylation sites is 1. The molecule has 1 aromatic rings. The predicted molar refractivity (Wildman–Crippen MR) is 91.9 cm³/mol. The number of ether oxygens (including phenoxy) is 1. The second kappa shape index (κ2) is 8.46. The van der Waals surface area contributed by atoms with E-state index in [0.29, 0.717) is 32.5 Å². The molecular weight excluding hydrogens is 330 g/mol. The summed E-state index contributed by atoms with van der Waals surface area (Å²) in [5.74, 6) is 0.673. The van der Waals surface area contributed by atoms with Crippen molar-refractivity contribution in [3.05, 3.63) is 30.3 Å². The molecule has 134 valence electrons. The van der Waals surface area contributed by atoms with Gasteiger partial charge in [-0.15, -0.1) is 0 Å². The SMILES string of the molecule is CN(C)S(=O)(=O)N1CCC(NC(=O)CCOc2ccccc2)CC1. The maximum absolute atomic E-state index is 12.0. The second-order valence-corrected chi connectivity index (χ2v) is 8.08. The number of carbonyl (C=O) groups excluding carboxylic acids is 1. The first-order valence-corrected chi connectivity index (χ1v) is 9.44. The number of hydrogen-bond acceptors (Lipinski definition) is 4. The van der Waals surface area contributed by atoms with Crippen molar-refractivity contribution in [1.82, 2.24) is 13.9 Å². The number of benzene rings is 1. The fraction of sp³-hybridized carbons (Fsp3) is 0.562. The van der Waals surface area contributed by atoms with Gasteiger partial charge in [-0.1, -0.05) is 18.2 Å². The summed E-state index contributed by atoms with van der Waals surface area (Å²) in [5.41, 5.74) is 0. The average Bonchev–Trinajstić information content (AvgIpc) is 2.56. The highest BCUT2D eigenvalue weighted by molar-refractivity contribution is 7.86. The van der Waals surface area contributed by atoms with Crippen molar-refractivity contribution in [2.75, 3.05) is 33.8 Å². The monoisotopic (exact) mass is 355 g/mol. The van der Waals surface area contributed by atoms with Crippen LogP contribution in [0.3, 0.4) is 0 Å². The third-order valence-electron chi connectivity index (χ3n) is 3.95. The van der Waals surface area contributed by atoms with Crippen molar-refractivity contribution in [2.24, 2.45) is 0 Å². The zero-order valence-electron chi connectivity index (χ0n) is 14.1. The van der Waals surface area contributed by atoms with Gasteiger partial charge in [0, 0.05) is 33.2 Å². The molecule has 0 aliphatic carbocycles. The largest absolute Gasteiger partial charge is 0.493 e. The highest BCUT2D eigenvalue weighted by atomic mass is 32.2. The molecule has 0 aromatic heterocycles. The number of amides is 1. The number of rotatable bonds is 7. The van der Waals surface area contributed by atoms with Gasteiger partial charge >= 0.3 is 0 Å². The van der Waals surface area contributed by atoms with Crippen LogP contribution < -0.4 is 10.1 Å². The highest BCUT2D eigenvalue weighted by Crippen LogP contribution is 2.15. The van der Waals surface area contributed by atoms with Gasteiger partial charge in [0.05, 0.1) is 13.0 Å².